The van der Waals surface area contributed by atoms with E-state index in [1.165, 1.54) is 0 Å². The van der Waals surface area contributed by atoms with Crippen LogP contribution in [0, 0.1) is 0 Å². The molecule has 0 bridgehead atoms. The summed E-state index contributed by atoms with van der Waals surface area (Å²) in [5.41, 5.74) is -0.780. The first kappa shape index (κ1) is 21.4. The van der Waals surface area contributed by atoms with E-state index in [0.717, 1.165) is 0 Å². The lowest BCUT2D eigenvalue weighted by Crippen LogP contribution is -2.45. The molecule has 0 spiro atoms. The van der Waals surface area contributed by atoms with Crippen LogP contribution in [0.15, 0.2) is 0 Å². The van der Waals surface area contributed by atoms with Crippen LogP contribution in [-0.4, -0.2) is 52.0 Å². The van der Waals surface area contributed by atoms with Crippen LogP contribution >= 0.6 is 0 Å². The summed E-state index contributed by atoms with van der Waals surface area (Å²) in [5.74, 6) is 0. The molecule has 9 heteroatoms. The fourth-order valence-corrected chi connectivity index (χ4v) is 4.14. The topological polar surface area (TPSA) is 82.1 Å². The number of hydrogen-bond acceptors (Lipinski definition) is 6. The standard InChI is InChI=1S/C15H31NO6SSi/c1-14(2,3)22-13(17)16-12(11-20-23(16,18)19)9-10-21-24(7,8)15(4,5)6/h12H,9-11H2,1-8H3. The van der Waals surface area contributed by atoms with Gasteiger partial charge in [-0.25, -0.2) is 4.79 Å². The maximum atomic E-state index is 12.2. The zero-order valence-electron chi connectivity index (χ0n) is 16.0. The van der Waals surface area contributed by atoms with E-state index in [1.54, 1.807) is 20.8 Å². The summed E-state index contributed by atoms with van der Waals surface area (Å²) in [6.07, 6.45) is -0.525. The van der Waals surface area contributed by atoms with Crippen molar-refractivity contribution < 1.29 is 26.6 Å². The minimum Gasteiger partial charge on any atom is -0.443 e. The van der Waals surface area contributed by atoms with Crippen LogP contribution < -0.4 is 0 Å². The molecule has 0 saturated carbocycles. The van der Waals surface area contributed by atoms with Gasteiger partial charge in [-0.15, -0.1) is 0 Å². The SMILES string of the molecule is CC(C)(C)OC(=O)N1C(CCO[Si](C)(C)C(C)(C)C)COS1(=O)=O. The van der Waals surface area contributed by atoms with Crippen molar-refractivity contribution in [3.63, 3.8) is 0 Å². The van der Waals surface area contributed by atoms with Gasteiger partial charge in [0.15, 0.2) is 8.32 Å². The van der Waals surface area contributed by atoms with Gasteiger partial charge in [0.2, 0.25) is 0 Å². The van der Waals surface area contributed by atoms with Gasteiger partial charge in [0.05, 0.1) is 12.6 Å². The summed E-state index contributed by atoms with van der Waals surface area (Å²) < 4.78 is 40.7. The lowest BCUT2D eigenvalue weighted by molar-refractivity contribution is 0.0345. The van der Waals surface area contributed by atoms with E-state index in [9.17, 15) is 13.2 Å². The molecule has 1 aliphatic heterocycles. The molecule has 1 aliphatic rings. The van der Waals surface area contributed by atoms with Gasteiger partial charge in [-0.1, -0.05) is 20.8 Å². The van der Waals surface area contributed by atoms with E-state index in [4.69, 9.17) is 13.3 Å². The summed E-state index contributed by atoms with van der Waals surface area (Å²) >= 11 is 0. The van der Waals surface area contributed by atoms with Crippen LogP contribution in [0.1, 0.15) is 48.0 Å². The van der Waals surface area contributed by atoms with Crippen LogP contribution in [0.4, 0.5) is 4.79 Å². The number of rotatable bonds is 4. The van der Waals surface area contributed by atoms with Gasteiger partial charge in [0, 0.05) is 6.61 Å². The van der Waals surface area contributed by atoms with E-state index in [0.29, 0.717) is 17.3 Å². The third-order valence-corrected chi connectivity index (χ3v) is 10.2. The fraction of sp³-hybridized carbons (Fsp3) is 0.933. The Balaban J connectivity index is 2.75. The Labute approximate surface area is 147 Å². The predicted octanol–water partition coefficient (Wildman–Crippen LogP) is 3.28. The number of amides is 1. The zero-order chi connectivity index (χ0) is 19.0. The van der Waals surface area contributed by atoms with Crippen molar-refractivity contribution >= 4 is 24.7 Å². The van der Waals surface area contributed by atoms with Crippen molar-refractivity contribution in [2.24, 2.45) is 0 Å². The van der Waals surface area contributed by atoms with E-state index in [-0.39, 0.29) is 11.6 Å². The molecule has 1 atom stereocenters. The molecule has 7 nitrogen and oxygen atoms in total. The Bertz CT molecular complexity index is 561. The molecule has 0 N–H and O–H groups in total. The highest BCUT2D eigenvalue weighted by molar-refractivity contribution is 7.85. The van der Waals surface area contributed by atoms with E-state index >= 15 is 0 Å². The Morgan fingerprint density at radius 2 is 1.75 bits per heavy atom. The molecular formula is C15H31NO6SSi. The summed E-state index contributed by atoms with van der Waals surface area (Å²) in [6, 6.07) is -0.602. The second-order valence-electron chi connectivity index (χ2n) is 8.57. The second kappa shape index (κ2) is 6.93. The zero-order valence-corrected chi connectivity index (χ0v) is 17.8. The van der Waals surface area contributed by atoms with Crippen molar-refractivity contribution in [3.8, 4) is 0 Å². The average molecular weight is 382 g/mol. The quantitative estimate of drug-likeness (QED) is 0.695. The molecule has 0 aliphatic carbocycles. The summed E-state index contributed by atoms with van der Waals surface area (Å²) in [4.78, 5) is 12.2. The molecule has 0 aromatic carbocycles. The van der Waals surface area contributed by atoms with Crippen molar-refractivity contribution in [2.75, 3.05) is 13.2 Å². The number of carbonyl (C=O) groups is 1. The third-order valence-electron chi connectivity index (χ3n) is 4.28. The van der Waals surface area contributed by atoms with Crippen LogP contribution in [0.25, 0.3) is 0 Å². The highest BCUT2D eigenvalue weighted by Gasteiger charge is 2.45. The first-order valence-corrected chi connectivity index (χ1v) is 12.4. The van der Waals surface area contributed by atoms with Crippen LogP contribution in [0.2, 0.25) is 18.1 Å². The van der Waals surface area contributed by atoms with Gasteiger partial charge in [0.25, 0.3) is 0 Å². The normalized spacial score (nSPS) is 21.8. The number of hydrogen-bond donors (Lipinski definition) is 0. The first-order valence-electron chi connectivity index (χ1n) is 8.12. The number of nitrogens with zero attached hydrogens (tertiary/aromatic N) is 1. The molecule has 0 aromatic heterocycles. The minimum atomic E-state index is -4.09. The Morgan fingerprint density at radius 3 is 2.21 bits per heavy atom. The van der Waals surface area contributed by atoms with Crippen molar-refractivity contribution in [3.05, 3.63) is 0 Å². The molecule has 142 valence electrons. The van der Waals surface area contributed by atoms with Crippen molar-refractivity contribution in [1.82, 2.24) is 4.31 Å². The maximum absolute atomic E-state index is 12.2. The Hall–Kier alpha value is -0.643. The monoisotopic (exact) mass is 381 g/mol. The summed E-state index contributed by atoms with van der Waals surface area (Å²) in [7, 11) is -6.01. The molecule has 1 heterocycles. The average Bonchev–Trinajstić information content (AvgIpc) is 2.60. The number of ether oxygens (including phenoxy) is 1. The molecule has 1 rings (SSSR count). The largest absolute Gasteiger partial charge is 0.443 e. The summed E-state index contributed by atoms with van der Waals surface area (Å²) in [6.45, 7) is 16.0. The van der Waals surface area contributed by atoms with Crippen molar-refractivity contribution in [2.45, 2.75) is 77.7 Å². The molecule has 1 amide bonds. The highest BCUT2D eigenvalue weighted by atomic mass is 32.2. The predicted molar refractivity (Wildman–Crippen MR) is 94.5 cm³/mol. The van der Waals surface area contributed by atoms with Gasteiger partial charge in [-0.2, -0.15) is 12.7 Å². The molecule has 1 saturated heterocycles. The van der Waals surface area contributed by atoms with Gasteiger partial charge >= 0.3 is 16.4 Å². The minimum absolute atomic E-state index is 0.0656. The van der Waals surface area contributed by atoms with E-state index in [1.807, 2.05) is 0 Å². The lowest BCUT2D eigenvalue weighted by Gasteiger charge is -2.36. The second-order valence-corrected chi connectivity index (χ2v) is 14.9. The lowest BCUT2D eigenvalue weighted by atomic mass is 10.2. The number of carbonyl (C=O) groups excluding carboxylic acids is 1. The van der Waals surface area contributed by atoms with Crippen molar-refractivity contribution in [1.29, 1.82) is 0 Å². The van der Waals surface area contributed by atoms with Crippen LogP contribution in [0.5, 0.6) is 0 Å². The van der Waals surface area contributed by atoms with Gasteiger partial charge < -0.3 is 9.16 Å². The van der Waals surface area contributed by atoms with Gasteiger partial charge in [-0.05, 0) is 45.3 Å². The van der Waals surface area contributed by atoms with Crippen LogP contribution in [-0.2, 0) is 23.7 Å². The Morgan fingerprint density at radius 1 is 1.21 bits per heavy atom. The summed E-state index contributed by atoms with van der Waals surface area (Å²) in [5, 5.41) is 0.0656. The molecule has 0 aromatic rings. The fourth-order valence-electron chi connectivity index (χ4n) is 1.89. The third kappa shape index (κ3) is 5.43. The maximum Gasteiger partial charge on any atom is 0.426 e. The van der Waals surface area contributed by atoms with Crippen LogP contribution in [0.3, 0.4) is 0 Å². The highest BCUT2D eigenvalue weighted by Crippen LogP contribution is 2.36. The Kier molecular flexibility index (Phi) is 6.18. The molecule has 1 fully saturated rings. The van der Waals surface area contributed by atoms with Gasteiger partial charge in [-0.3, -0.25) is 4.18 Å². The molecule has 24 heavy (non-hydrogen) atoms. The molecule has 1 unspecified atom stereocenters. The molecule has 0 radical (unpaired) electrons. The van der Waals surface area contributed by atoms with Gasteiger partial charge in [0.1, 0.15) is 5.60 Å². The molecular weight excluding hydrogens is 350 g/mol. The first-order chi connectivity index (χ1) is 10.6. The van der Waals surface area contributed by atoms with E-state index in [2.05, 4.69) is 33.9 Å². The van der Waals surface area contributed by atoms with E-state index < -0.39 is 36.4 Å². The smallest absolute Gasteiger partial charge is 0.426 e.